The van der Waals surface area contributed by atoms with Gasteiger partial charge in [-0.15, -0.1) is 0 Å². The van der Waals surface area contributed by atoms with Gasteiger partial charge in [-0.05, 0) is 53.9 Å². The number of ether oxygens (including phenoxy) is 1. The highest BCUT2D eigenvalue weighted by molar-refractivity contribution is 9.10. The van der Waals surface area contributed by atoms with Crippen LogP contribution in [-0.2, 0) is 9.53 Å². The molecule has 0 aromatic heterocycles. The Hall–Kier alpha value is -1.43. The zero-order chi connectivity index (χ0) is 16.8. The fourth-order valence-electron chi connectivity index (χ4n) is 2.67. The topological polar surface area (TPSA) is 55.4 Å². The van der Waals surface area contributed by atoms with Crippen molar-refractivity contribution in [2.24, 2.45) is 0 Å². The van der Waals surface area contributed by atoms with Gasteiger partial charge in [-0.2, -0.15) is 0 Å². The summed E-state index contributed by atoms with van der Waals surface area (Å²) in [5, 5.41) is 2.95. The smallest absolute Gasteiger partial charge is 0.340 e. The molecule has 2 rings (SSSR count). The summed E-state index contributed by atoms with van der Waals surface area (Å²) in [5.41, 5.74) is 0.195. The number of benzene rings is 1. The second kappa shape index (κ2) is 8.43. The van der Waals surface area contributed by atoms with E-state index in [1.54, 1.807) is 6.92 Å². The lowest BCUT2D eigenvalue weighted by Crippen LogP contribution is -2.41. The Morgan fingerprint density at radius 1 is 1.26 bits per heavy atom. The van der Waals surface area contributed by atoms with Crippen molar-refractivity contribution in [3.8, 4) is 0 Å². The molecule has 126 valence electrons. The number of rotatable bonds is 4. The molecule has 1 atom stereocenters. The summed E-state index contributed by atoms with van der Waals surface area (Å²) in [6.45, 7) is 1.54. The van der Waals surface area contributed by atoms with E-state index in [1.807, 2.05) is 0 Å². The third-order valence-electron chi connectivity index (χ3n) is 4.01. The Kier molecular flexibility index (Phi) is 6.57. The maximum absolute atomic E-state index is 13.0. The van der Waals surface area contributed by atoms with Crippen LogP contribution in [0, 0.1) is 5.82 Å². The van der Waals surface area contributed by atoms with E-state index in [0.717, 1.165) is 25.7 Å². The van der Waals surface area contributed by atoms with E-state index in [1.165, 1.54) is 31.0 Å². The van der Waals surface area contributed by atoms with Gasteiger partial charge in [-0.3, -0.25) is 4.79 Å². The summed E-state index contributed by atoms with van der Waals surface area (Å²) in [5.74, 6) is -1.39. The van der Waals surface area contributed by atoms with Crippen molar-refractivity contribution in [3.05, 3.63) is 34.1 Å². The first kappa shape index (κ1) is 17.9. The highest BCUT2D eigenvalue weighted by Crippen LogP contribution is 2.20. The van der Waals surface area contributed by atoms with Gasteiger partial charge in [-0.1, -0.05) is 25.7 Å². The zero-order valence-corrected chi connectivity index (χ0v) is 14.7. The fourth-order valence-corrected chi connectivity index (χ4v) is 3.19. The second-order valence-corrected chi connectivity index (χ2v) is 6.72. The fraction of sp³-hybridized carbons (Fsp3) is 0.529. The van der Waals surface area contributed by atoms with Crippen molar-refractivity contribution < 1.29 is 18.7 Å². The van der Waals surface area contributed by atoms with Crippen molar-refractivity contribution >= 4 is 27.8 Å². The normalized spacial score (nSPS) is 17.2. The predicted molar refractivity (Wildman–Crippen MR) is 88.6 cm³/mol. The molecule has 0 unspecified atom stereocenters. The Balaban J connectivity index is 1.90. The lowest BCUT2D eigenvalue weighted by Gasteiger charge is -2.19. The number of hydrogen-bond acceptors (Lipinski definition) is 3. The SMILES string of the molecule is C[C@H](OC(=O)c1ccc(F)cc1Br)C(=O)NC1CCCCCC1. The monoisotopic (exact) mass is 385 g/mol. The number of halogens is 2. The number of amides is 1. The van der Waals surface area contributed by atoms with Gasteiger partial charge in [0.2, 0.25) is 0 Å². The van der Waals surface area contributed by atoms with Crippen molar-refractivity contribution in [1.82, 2.24) is 5.32 Å². The third-order valence-corrected chi connectivity index (χ3v) is 4.66. The van der Waals surface area contributed by atoms with Crippen LogP contribution in [0.25, 0.3) is 0 Å². The van der Waals surface area contributed by atoms with E-state index in [9.17, 15) is 14.0 Å². The Labute approximate surface area is 143 Å². The van der Waals surface area contributed by atoms with Gasteiger partial charge in [0, 0.05) is 10.5 Å². The molecular formula is C17H21BrFNO3. The Morgan fingerprint density at radius 2 is 1.91 bits per heavy atom. The van der Waals surface area contributed by atoms with E-state index in [2.05, 4.69) is 21.2 Å². The number of carbonyl (C=O) groups excluding carboxylic acids is 2. The Bertz CT molecular complexity index is 571. The number of nitrogens with one attached hydrogen (secondary N) is 1. The van der Waals surface area contributed by atoms with Crippen molar-refractivity contribution in [2.75, 3.05) is 0 Å². The summed E-state index contributed by atoms with van der Waals surface area (Å²) in [7, 11) is 0. The number of hydrogen-bond donors (Lipinski definition) is 1. The number of carbonyl (C=O) groups is 2. The minimum Gasteiger partial charge on any atom is -0.449 e. The Morgan fingerprint density at radius 3 is 2.52 bits per heavy atom. The van der Waals surface area contributed by atoms with Crippen molar-refractivity contribution in [1.29, 1.82) is 0 Å². The van der Waals surface area contributed by atoms with Gasteiger partial charge in [0.15, 0.2) is 6.10 Å². The molecule has 4 nitrogen and oxygen atoms in total. The van der Waals surface area contributed by atoms with Crippen LogP contribution < -0.4 is 5.32 Å². The molecule has 1 fully saturated rings. The van der Waals surface area contributed by atoms with Crippen molar-refractivity contribution in [2.45, 2.75) is 57.6 Å². The van der Waals surface area contributed by atoms with Gasteiger partial charge in [-0.25, -0.2) is 9.18 Å². The average molecular weight is 386 g/mol. The van der Waals surface area contributed by atoms with Crippen LogP contribution in [-0.4, -0.2) is 24.0 Å². The third kappa shape index (κ3) is 5.30. The molecule has 6 heteroatoms. The van der Waals surface area contributed by atoms with E-state index < -0.39 is 17.9 Å². The van der Waals surface area contributed by atoms with Gasteiger partial charge in [0.25, 0.3) is 5.91 Å². The van der Waals surface area contributed by atoms with Crippen molar-refractivity contribution in [3.63, 3.8) is 0 Å². The molecule has 1 amide bonds. The molecule has 0 heterocycles. The quantitative estimate of drug-likeness (QED) is 0.629. The first-order chi connectivity index (χ1) is 11.0. The highest BCUT2D eigenvalue weighted by atomic mass is 79.9. The van der Waals surface area contributed by atoms with Crippen LogP contribution in [0.2, 0.25) is 0 Å². The van der Waals surface area contributed by atoms with Crippen LogP contribution in [0.4, 0.5) is 4.39 Å². The maximum Gasteiger partial charge on any atom is 0.340 e. The first-order valence-corrected chi connectivity index (χ1v) is 8.73. The molecule has 23 heavy (non-hydrogen) atoms. The van der Waals surface area contributed by atoms with E-state index >= 15 is 0 Å². The maximum atomic E-state index is 13.0. The zero-order valence-electron chi connectivity index (χ0n) is 13.1. The molecule has 1 aliphatic rings. The van der Waals surface area contributed by atoms with Gasteiger partial charge < -0.3 is 10.1 Å². The largest absolute Gasteiger partial charge is 0.449 e. The van der Waals surface area contributed by atoms with Crippen LogP contribution in [0.1, 0.15) is 55.8 Å². The summed E-state index contributed by atoms with van der Waals surface area (Å²) >= 11 is 3.12. The number of esters is 1. The summed E-state index contributed by atoms with van der Waals surface area (Å²) in [6, 6.07) is 3.85. The molecule has 1 N–H and O–H groups in total. The van der Waals surface area contributed by atoms with Crippen LogP contribution in [0.15, 0.2) is 22.7 Å². The molecule has 0 radical (unpaired) electrons. The molecule has 0 bridgehead atoms. The van der Waals surface area contributed by atoms with Crippen LogP contribution >= 0.6 is 15.9 Å². The standard InChI is InChI=1S/C17H21BrFNO3/c1-11(16(21)20-13-6-4-2-3-5-7-13)23-17(22)14-9-8-12(19)10-15(14)18/h8-11,13H,2-7H2,1H3,(H,20,21)/t11-/m0/s1. The van der Waals surface area contributed by atoms with Crippen LogP contribution in [0.3, 0.4) is 0 Å². The minimum absolute atomic E-state index is 0.156. The molecule has 1 aromatic carbocycles. The minimum atomic E-state index is -0.886. The van der Waals surface area contributed by atoms with Gasteiger partial charge in [0.1, 0.15) is 5.82 Å². The van der Waals surface area contributed by atoms with E-state index in [0.29, 0.717) is 4.47 Å². The lowest BCUT2D eigenvalue weighted by atomic mass is 10.1. The van der Waals surface area contributed by atoms with E-state index in [-0.39, 0.29) is 17.5 Å². The summed E-state index contributed by atoms with van der Waals surface area (Å²) in [6.07, 6.45) is 5.68. The molecule has 1 saturated carbocycles. The molecule has 1 aromatic rings. The first-order valence-electron chi connectivity index (χ1n) is 7.94. The molecule has 0 spiro atoms. The van der Waals surface area contributed by atoms with Gasteiger partial charge in [0.05, 0.1) is 5.56 Å². The van der Waals surface area contributed by atoms with Crippen LogP contribution in [0.5, 0.6) is 0 Å². The molecule has 0 aliphatic heterocycles. The lowest BCUT2D eigenvalue weighted by molar-refractivity contribution is -0.129. The second-order valence-electron chi connectivity index (χ2n) is 5.87. The van der Waals surface area contributed by atoms with Gasteiger partial charge >= 0.3 is 5.97 Å². The molecule has 0 saturated heterocycles. The average Bonchev–Trinajstić information content (AvgIpc) is 2.75. The van der Waals surface area contributed by atoms with E-state index in [4.69, 9.17) is 4.74 Å². The highest BCUT2D eigenvalue weighted by Gasteiger charge is 2.23. The molecular weight excluding hydrogens is 365 g/mol. The summed E-state index contributed by atoms with van der Waals surface area (Å²) < 4.78 is 18.5. The predicted octanol–water partition coefficient (Wildman–Crippen LogP) is 3.97. The molecule has 1 aliphatic carbocycles. The summed E-state index contributed by atoms with van der Waals surface area (Å²) in [4.78, 5) is 24.3.